The molecule has 1 aromatic heterocycles. The molecule has 0 aliphatic carbocycles. The second-order valence-corrected chi connectivity index (χ2v) is 6.87. The fourth-order valence-corrected chi connectivity index (χ4v) is 2.37. The molecule has 0 unspecified atom stereocenters. The molecule has 1 N–H and O–H groups in total. The van der Waals surface area contributed by atoms with Crippen molar-refractivity contribution in [2.24, 2.45) is 0 Å². The van der Waals surface area contributed by atoms with Crippen LogP contribution in [0.1, 0.15) is 11.4 Å². The molecule has 8 nitrogen and oxygen atoms in total. The third-order valence-electron chi connectivity index (χ3n) is 3.14. The van der Waals surface area contributed by atoms with E-state index in [-0.39, 0.29) is 10.4 Å². The summed E-state index contributed by atoms with van der Waals surface area (Å²) in [6.07, 6.45) is -4.17. The minimum absolute atomic E-state index is 0.0962. The molecule has 2 rings (SSSR count). The highest BCUT2D eigenvalue weighted by Gasteiger charge is 2.36. The van der Waals surface area contributed by atoms with Gasteiger partial charge < -0.3 is 0 Å². The van der Waals surface area contributed by atoms with Gasteiger partial charge in [0, 0.05) is 7.05 Å². The number of halogens is 4. The Bertz CT molecular complexity index is 1030. The normalized spacial score (nSPS) is 12.0. The molecule has 134 valence electrons. The third-order valence-corrected chi connectivity index (χ3v) is 4.33. The van der Waals surface area contributed by atoms with Gasteiger partial charge in [0.25, 0.3) is 0 Å². The Kier molecular flexibility index (Phi) is 4.34. The Hall–Kier alpha value is -2.88. The quantitative estimate of drug-likeness (QED) is 0.800. The van der Waals surface area contributed by atoms with Crippen LogP contribution in [0.5, 0.6) is 0 Å². The van der Waals surface area contributed by atoms with E-state index in [0.717, 1.165) is 19.4 Å². The molecule has 0 saturated heterocycles. The van der Waals surface area contributed by atoms with E-state index in [0.29, 0.717) is 10.4 Å². The number of hydrogen-bond donors (Lipinski definition) is 1. The zero-order valence-electron chi connectivity index (χ0n) is 12.6. The van der Waals surface area contributed by atoms with Crippen molar-refractivity contribution in [3.05, 3.63) is 39.8 Å². The second kappa shape index (κ2) is 5.88. The molecule has 25 heavy (non-hydrogen) atoms. The molecule has 1 aromatic carbocycles. The Balaban J connectivity index is 2.75. The SMILES string of the molecule is CN(c1cc(-n2nc(C(F)(F)F)[nH]c2=O)c(F)cc1C#N)S(C)(=O)=O. The number of hydrogen-bond acceptors (Lipinski definition) is 5. The van der Waals surface area contributed by atoms with Crippen molar-refractivity contribution >= 4 is 15.7 Å². The summed E-state index contributed by atoms with van der Waals surface area (Å²) in [5, 5.41) is 12.0. The van der Waals surface area contributed by atoms with E-state index in [2.05, 4.69) is 5.10 Å². The van der Waals surface area contributed by atoms with Crippen molar-refractivity contribution < 1.29 is 26.0 Å². The van der Waals surface area contributed by atoms with Gasteiger partial charge in [-0.1, -0.05) is 0 Å². The first-order valence-corrected chi connectivity index (χ1v) is 8.15. The molecule has 0 amide bonds. The topological polar surface area (TPSA) is 112 Å². The van der Waals surface area contributed by atoms with Crippen molar-refractivity contribution in [2.75, 3.05) is 17.6 Å². The fraction of sp³-hybridized carbons (Fsp3) is 0.250. The van der Waals surface area contributed by atoms with Gasteiger partial charge in [0.2, 0.25) is 15.8 Å². The number of alkyl halides is 3. The van der Waals surface area contributed by atoms with Crippen LogP contribution >= 0.6 is 0 Å². The lowest BCUT2D eigenvalue weighted by atomic mass is 10.1. The van der Waals surface area contributed by atoms with Crippen LogP contribution < -0.4 is 9.99 Å². The molecule has 0 bridgehead atoms. The number of anilines is 1. The van der Waals surface area contributed by atoms with E-state index < -0.39 is 44.8 Å². The summed E-state index contributed by atoms with van der Waals surface area (Å²) in [7, 11) is -2.81. The predicted octanol–water partition coefficient (Wildman–Crippen LogP) is 0.986. The van der Waals surface area contributed by atoms with Gasteiger partial charge in [-0.25, -0.2) is 17.6 Å². The summed E-state index contributed by atoms with van der Waals surface area (Å²) in [4.78, 5) is 13.1. The number of nitrogens with one attached hydrogen (secondary N) is 1. The molecule has 0 aliphatic heterocycles. The standard InChI is InChI=1S/C12H9F4N5O3S/c1-20(25(2,23)24)8-4-9(7(13)3-6(8)5-17)21-11(22)18-10(19-21)12(14,15)16/h3-4H,1-2H3,(H,18,19,22). The maximum absolute atomic E-state index is 14.1. The maximum Gasteiger partial charge on any atom is 0.451 e. The molecule has 0 aliphatic rings. The predicted molar refractivity (Wildman–Crippen MR) is 77.1 cm³/mol. The number of aromatic amines is 1. The van der Waals surface area contributed by atoms with Crippen LogP contribution in [0.3, 0.4) is 0 Å². The molecule has 0 spiro atoms. The molecule has 0 radical (unpaired) electrons. The average molecular weight is 379 g/mol. The molecule has 0 atom stereocenters. The van der Waals surface area contributed by atoms with Gasteiger partial charge in [0.15, 0.2) is 5.82 Å². The minimum atomic E-state index is -4.97. The van der Waals surface area contributed by atoms with Crippen LogP contribution in [0.15, 0.2) is 16.9 Å². The van der Waals surface area contributed by atoms with Crippen molar-refractivity contribution in [1.29, 1.82) is 5.26 Å². The monoisotopic (exact) mass is 379 g/mol. The van der Waals surface area contributed by atoms with E-state index in [4.69, 9.17) is 5.26 Å². The number of aromatic nitrogens is 3. The van der Waals surface area contributed by atoms with Gasteiger partial charge in [-0.2, -0.15) is 23.1 Å². The average Bonchev–Trinajstić information content (AvgIpc) is 2.87. The highest BCUT2D eigenvalue weighted by Crippen LogP contribution is 2.28. The van der Waals surface area contributed by atoms with Gasteiger partial charge in [0.1, 0.15) is 11.8 Å². The van der Waals surface area contributed by atoms with Crippen molar-refractivity contribution in [3.63, 3.8) is 0 Å². The van der Waals surface area contributed by atoms with Crippen LogP contribution in [0.25, 0.3) is 5.69 Å². The van der Waals surface area contributed by atoms with Crippen LogP contribution in [0.2, 0.25) is 0 Å². The first-order valence-electron chi connectivity index (χ1n) is 6.30. The van der Waals surface area contributed by atoms with Crippen LogP contribution in [0, 0.1) is 17.1 Å². The molecule has 0 fully saturated rings. The zero-order valence-corrected chi connectivity index (χ0v) is 13.4. The van der Waals surface area contributed by atoms with E-state index >= 15 is 0 Å². The summed E-state index contributed by atoms with van der Waals surface area (Å²) < 4.78 is 75.9. The smallest absolute Gasteiger partial charge is 0.285 e. The maximum atomic E-state index is 14.1. The highest BCUT2D eigenvalue weighted by atomic mass is 32.2. The number of rotatable bonds is 3. The van der Waals surface area contributed by atoms with Crippen molar-refractivity contribution in [2.45, 2.75) is 6.18 Å². The van der Waals surface area contributed by atoms with Gasteiger partial charge in [-0.05, 0) is 12.1 Å². The fourth-order valence-electron chi connectivity index (χ4n) is 1.86. The first-order chi connectivity index (χ1) is 11.4. The van der Waals surface area contributed by atoms with Gasteiger partial charge in [-0.15, -0.1) is 5.10 Å². The summed E-state index contributed by atoms with van der Waals surface area (Å²) in [5.74, 6) is -2.89. The number of nitrogens with zero attached hydrogens (tertiary/aromatic N) is 4. The number of sulfonamides is 1. The molecule has 1 heterocycles. The minimum Gasteiger partial charge on any atom is -0.285 e. The molecular formula is C12H9F4N5O3S. The third kappa shape index (κ3) is 3.48. The zero-order chi connectivity index (χ0) is 19.2. The lowest BCUT2D eigenvalue weighted by Crippen LogP contribution is -2.26. The van der Waals surface area contributed by atoms with Crippen LogP contribution in [0.4, 0.5) is 23.2 Å². The molecular weight excluding hydrogens is 370 g/mol. The first kappa shape index (κ1) is 18.5. The summed E-state index contributed by atoms with van der Waals surface area (Å²) in [5.41, 5.74) is -2.86. The second-order valence-electron chi connectivity index (χ2n) is 4.85. The Morgan fingerprint density at radius 2 is 1.96 bits per heavy atom. The molecule has 13 heteroatoms. The van der Waals surface area contributed by atoms with Crippen molar-refractivity contribution in [3.8, 4) is 11.8 Å². The van der Waals surface area contributed by atoms with Gasteiger partial charge in [0.05, 0.1) is 17.5 Å². The van der Waals surface area contributed by atoms with Crippen LogP contribution in [-0.2, 0) is 16.2 Å². The Morgan fingerprint density at radius 3 is 2.40 bits per heavy atom. The molecule has 0 saturated carbocycles. The van der Waals surface area contributed by atoms with E-state index in [1.165, 1.54) is 4.98 Å². The van der Waals surface area contributed by atoms with E-state index in [1.807, 2.05) is 0 Å². The molecule has 2 aromatic rings. The lowest BCUT2D eigenvalue weighted by Gasteiger charge is -2.19. The number of benzene rings is 1. The van der Waals surface area contributed by atoms with E-state index in [1.54, 1.807) is 6.07 Å². The summed E-state index contributed by atoms with van der Waals surface area (Å²) >= 11 is 0. The summed E-state index contributed by atoms with van der Waals surface area (Å²) in [6.45, 7) is 0. The van der Waals surface area contributed by atoms with E-state index in [9.17, 15) is 30.8 Å². The van der Waals surface area contributed by atoms with Crippen LogP contribution in [-0.4, -0.2) is 36.5 Å². The lowest BCUT2D eigenvalue weighted by molar-refractivity contribution is -0.144. The largest absolute Gasteiger partial charge is 0.451 e. The summed E-state index contributed by atoms with van der Waals surface area (Å²) in [6, 6.07) is 2.92. The van der Waals surface area contributed by atoms with Gasteiger partial charge in [-0.3, -0.25) is 9.29 Å². The Morgan fingerprint density at radius 1 is 1.36 bits per heavy atom. The van der Waals surface area contributed by atoms with Crippen molar-refractivity contribution in [1.82, 2.24) is 14.8 Å². The Labute approximate surface area is 138 Å². The van der Waals surface area contributed by atoms with Gasteiger partial charge >= 0.3 is 11.9 Å². The number of nitriles is 1. The highest BCUT2D eigenvalue weighted by molar-refractivity contribution is 7.92. The number of H-pyrrole nitrogens is 1.